The number of para-hydroxylation sites is 1. The number of hydrogen-bond donors (Lipinski definition) is 1. The van der Waals surface area contributed by atoms with Crippen molar-refractivity contribution in [3.8, 4) is 0 Å². The first-order valence-electron chi connectivity index (χ1n) is 8.70. The van der Waals surface area contributed by atoms with E-state index in [1.54, 1.807) is 17.0 Å². The predicted octanol–water partition coefficient (Wildman–Crippen LogP) is 3.06. The van der Waals surface area contributed by atoms with Crippen LogP contribution in [-0.4, -0.2) is 43.5 Å². The van der Waals surface area contributed by atoms with Crippen molar-refractivity contribution >= 4 is 33.9 Å². The SMILES string of the molecule is C=C(Cl)c1ccccc1N(N)CC(=O)N1CCN(c2ccc(F)cc2)CC1. The summed E-state index contributed by atoms with van der Waals surface area (Å²) in [6.07, 6.45) is 0. The van der Waals surface area contributed by atoms with Crippen molar-refractivity contribution in [1.82, 2.24) is 4.90 Å². The number of nitrogens with zero attached hydrogens (tertiary/aromatic N) is 3. The van der Waals surface area contributed by atoms with Crippen LogP contribution in [0.5, 0.6) is 0 Å². The quantitative estimate of drug-likeness (QED) is 0.631. The van der Waals surface area contributed by atoms with Gasteiger partial charge in [0.05, 0.1) is 5.69 Å². The van der Waals surface area contributed by atoms with Crippen molar-refractivity contribution in [2.75, 3.05) is 42.6 Å². The molecule has 2 N–H and O–H groups in total. The second-order valence-electron chi connectivity index (χ2n) is 6.39. The van der Waals surface area contributed by atoms with Crippen molar-refractivity contribution in [2.45, 2.75) is 0 Å². The number of anilines is 2. The van der Waals surface area contributed by atoms with Gasteiger partial charge in [0, 0.05) is 42.5 Å². The molecule has 7 heteroatoms. The fourth-order valence-corrected chi connectivity index (χ4v) is 3.31. The van der Waals surface area contributed by atoms with E-state index in [4.69, 9.17) is 17.4 Å². The van der Waals surface area contributed by atoms with Crippen LogP contribution in [0.25, 0.3) is 5.03 Å². The summed E-state index contributed by atoms with van der Waals surface area (Å²) < 4.78 is 13.1. The number of rotatable bonds is 5. The van der Waals surface area contributed by atoms with E-state index >= 15 is 0 Å². The van der Waals surface area contributed by atoms with E-state index in [0.717, 1.165) is 5.69 Å². The summed E-state index contributed by atoms with van der Waals surface area (Å²) in [5.74, 6) is 5.81. The van der Waals surface area contributed by atoms with Gasteiger partial charge in [0.1, 0.15) is 12.4 Å². The predicted molar refractivity (Wildman–Crippen MR) is 108 cm³/mol. The Labute approximate surface area is 163 Å². The molecule has 0 saturated carbocycles. The van der Waals surface area contributed by atoms with Crippen LogP contribution < -0.4 is 15.8 Å². The summed E-state index contributed by atoms with van der Waals surface area (Å²) in [7, 11) is 0. The van der Waals surface area contributed by atoms with Gasteiger partial charge in [-0.2, -0.15) is 0 Å². The molecule has 1 fully saturated rings. The number of amides is 1. The van der Waals surface area contributed by atoms with Gasteiger partial charge in [-0.15, -0.1) is 0 Å². The second-order valence-corrected chi connectivity index (χ2v) is 6.85. The molecule has 2 aromatic carbocycles. The smallest absolute Gasteiger partial charge is 0.243 e. The molecule has 0 aromatic heterocycles. The lowest BCUT2D eigenvalue weighted by atomic mass is 10.1. The molecule has 5 nitrogen and oxygen atoms in total. The highest BCUT2D eigenvalue weighted by molar-refractivity contribution is 6.48. The van der Waals surface area contributed by atoms with Crippen molar-refractivity contribution in [1.29, 1.82) is 0 Å². The molecule has 1 aliphatic heterocycles. The van der Waals surface area contributed by atoms with Crippen LogP contribution in [0.1, 0.15) is 5.56 Å². The number of carbonyl (C=O) groups is 1. The highest BCUT2D eigenvalue weighted by Gasteiger charge is 2.23. The van der Waals surface area contributed by atoms with E-state index in [0.29, 0.717) is 42.5 Å². The molecule has 142 valence electrons. The van der Waals surface area contributed by atoms with Crippen LogP contribution in [0.4, 0.5) is 15.8 Å². The molecular formula is C20H22ClFN4O. The van der Waals surface area contributed by atoms with E-state index in [1.807, 2.05) is 24.3 Å². The Bertz CT molecular complexity index is 819. The van der Waals surface area contributed by atoms with Gasteiger partial charge < -0.3 is 14.8 Å². The second kappa shape index (κ2) is 8.41. The van der Waals surface area contributed by atoms with Crippen molar-refractivity contribution in [3.63, 3.8) is 0 Å². The molecule has 3 rings (SSSR count). The summed E-state index contributed by atoms with van der Waals surface area (Å²) in [4.78, 5) is 16.6. The van der Waals surface area contributed by atoms with Gasteiger partial charge in [-0.25, -0.2) is 10.2 Å². The van der Waals surface area contributed by atoms with Crippen LogP contribution in [0.2, 0.25) is 0 Å². The minimum Gasteiger partial charge on any atom is -0.368 e. The lowest BCUT2D eigenvalue weighted by Crippen LogP contribution is -2.52. The number of hydrogen-bond acceptors (Lipinski definition) is 4. The number of nitrogens with two attached hydrogens (primary N) is 1. The molecule has 0 bridgehead atoms. The van der Waals surface area contributed by atoms with Crippen molar-refractivity contribution < 1.29 is 9.18 Å². The number of halogens is 2. The minimum absolute atomic E-state index is 0.0498. The van der Waals surface area contributed by atoms with E-state index in [2.05, 4.69) is 11.5 Å². The van der Waals surface area contributed by atoms with Gasteiger partial charge in [0.25, 0.3) is 0 Å². The summed E-state index contributed by atoms with van der Waals surface area (Å²) >= 11 is 6.02. The van der Waals surface area contributed by atoms with Crippen LogP contribution >= 0.6 is 11.6 Å². The molecule has 1 saturated heterocycles. The fourth-order valence-electron chi connectivity index (χ4n) is 3.15. The third kappa shape index (κ3) is 4.59. The Morgan fingerprint density at radius 1 is 1.11 bits per heavy atom. The number of piperazine rings is 1. The zero-order valence-corrected chi connectivity index (χ0v) is 15.7. The zero-order chi connectivity index (χ0) is 19.4. The number of carbonyl (C=O) groups excluding carboxylic acids is 1. The first-order valence-corrected chi connectivity index (χ1v) is 9.08. The Hall–Kier alpha value is -2.57. The maximum absolute atomic E-state index is 13.1. The number of benzene rings is 2. The maximum Gasteiger partial charge on any atom is 0.243 e. The molecule has 0 atom stereocenters. The first kappa shape index (κ1) is 19.2. The lowest BCUT2D eigenvalue weighted by molar-refractivity contribution is -0.130. The Balaban J connectivity index is 1.58. The Kier molecular flexibility index (Phi) is 5.98. The highest BCUT2D eigenvalue weighted by Crippen LogP contribution is 2.27. The van der Waals surface area contributed by atoms with E-state index in [-0.39, 0.29) is 18.3 Å². The zero-order valence-electron chi connectivity index (χ0n) is 14.9. The van der Waals surface area contributed by atoms with Crippen LogP contribution in [0.3, 0.4) is 0 Å². The molecule has 0 spiro atoms. The summed E-state index contributed by atoms with van der Waals surface area (Å²) in [6, 6.07) is 13.7. The lowest BCUT2D eigenvalue weighted by Gasteiger charge is -2.37. The molecule has 1 aliphatic rings. The third-order valence-electron chi connectivity index (χ3n) is 4.64. The fraction of sp³-hybridized carbons (Fsp3) is 0.250. The topological polar surface area (TPSA) is 52.8 Å². The summed E-state index contributed by atoms with van der Waals surface area (Å²) in [6.45, 7) is 6.36. The largest absolute Gasteiger partial charge is 0.368 e. The maximum atomic E-state index is 13.1. The standard InChI is InChI=1S/C20H22ClFN4O/c1-15(21)18-4-2-3-5-19(18)26(23)14-20(27)25-12-10-24(11-13-25)17-8-6-16(22)7-9-17/h2-9H,1,10-14,23H2. The molecule has 1 amide bonds. The minimum atomic E-state index is -0.254. The molecular weight excluding hydrogens is 367 g/mol. The molecule has 1 heterocycles. The van der Waals surface area contributed by atoms with E-state index in [1.165, 1.54) is 17.1 Å². The van der Waals surface area contributed by atoms with Gasteiger partial charge >= 0.3 is 0 Å². The third-order valence-corrected chi connectivity index (χ3v) is 4.84. The first-order chi connectivity index (χ1) is 13.0. The Morgan fingerprint density at radius 3 is 2.37 bits per heavy atom. The summed E-state index contributed by atoms with van der Waals surface area (Å²) in [5.41, 5.74) is 2.32. The summed E-state index contributed by atoms with van der Waals surface area (Å²) in [5, 5.41) is 1.78. The molecule has 0 radical (unpaired) electrons. The van der Waals surface area contributed by atoms with Crippen LogP contribution in [0, 0.1) is 5.82 Å². The van der Waals surface area contributed by atoms with Gasteiger partial charge in [-0.3, -0.25) is 4.79 Å². The van der Waals surface area contributed by atoms with Crippen LogP contribution in [0.15, 0.2) is 55.1 Å². The van der Waals surface area contributed by atoms with Gasteiger partial charge in [0.15, 0.2) is 0 Å². The molecule has 2 aromatic rings. The molecule has 27 heavy (non-hydrogen) atoms. The Morgan fingerprint density at radius 2 is 1.74 bits per heavy atom. The number of hydrazine groups is 1. The van der Waals surface area contributed by atoms with Crippen LogP contribution in [-0.2, 0) is 4.79 Å². The highest BCUT2D eigenvalue weighted by atomic mass is 35.5. The molecule has 0 aliphatic carbocycles. The van der Waals surface area contributed by atoms with Gasteiger partial charge in [-0.1, -0.05) is 36.4 Å². The van der Waals surface area contributed by atoms with Crippen molar-refractivity contribution in [2.24, 2.45) is 5.84 Å². The average Bonchev–Trinajstić information content (AvgIpc) is 2.68. The van der Waals surface area contributed by atoms with E-state index in [9.17, 15) is 9.18 Å². The van der Waals surface area contributed by atoms with Gasteiger partial charge in [0.2, 0.25) is 5.91 Å². The van der Waals surface area contributed by atoms with Gasteiger partial charge in [-0.05, 0) is 30.3 Å². The average molecular weight is 389 g/mol. The van der Waals surface area contributed by atoms with Crippen molar-refractivity contribution in [3.05, 3.63) is 66.5 Å². The van der Waals surface area contributed by atoms with E-state index < -0.39 is 0 Å². The molecule has 0 unspecified atom stereocenters. The monoisotopic (exact) mass is 388 g/mol. The normalized spacial score (nSPS) is 14.2.